The largest absolute Gasteiger partial charge is 0.392 e. The van der Waals surface area contributed by atoms with E-state index in [1.165, 1.54) is 57.8 Å². The third-order valence-corrected chi connectivity index (χ3v) is 12.6. The van der Waals surface area contributed by atoms with Crippen LogP contribution in [0, 0.1) is 51.8 Å². The maximum absolute atomic E-state index is 9.70. The van der Waals surface area contributed by atoms with Crippen LogP contribution in [-0.4, -0.2) is 23.3 Å². The summed E-state index contributed by atoms with van der Waals surface area (Å²) in [5.74, 6) is 5.20. The predicted octanol–water partition coefficient (Wildman–Crippen LogP) is 6.43. The zero-order valence-electron chi connectivity index (χ0n) is 21.4. The zero-order valence-corrected chi connectivity index (χ0v) is 21.4. The molecule has 0 saturated heterocycles. The van der Waals surface area contributed by atoms with Crippen LogP contribution in [0.2, 0.25) is 0 Å². The van der Waals surface area contributed by atoms with Gasteiger partial charge in [-0.25, -0.2) is 0 Å². The summed E-state index contributed by atoms with van der Waals surface area (Å²) in [4.78, 5) is 4.59. The lowest BCUT2D eigenvalue weighted by molar-refractivity contribution is -0.161. The molecule has 0 bridgehead atoms. The number of hydrogen-bond donors (Lipinski definition) is 1. The molecule has 182 valence electrons. The molecule has 1 spiro atoms. The fraction of sp³-hybridized carbons (Fsp3) is 0.833. The highest BCUT2D eigenvalue weighted by Gasteiger charge is 2.77. The number of ether oxygens (including phenoxy) is 1. The minimum atomic E-state index is 0.103. The Kier molecular flexibility index (Phi) is 5.32. The van der Waals surface area contributed by atoms with E-state index in [1.54, 1.807) is 0 Å². The summed E-state index contributed by atoms with van der Waals surface area (Å²) in [6.07, 6.45) is 16.0. The number of aryl methyl sites for hydroxylation is 1. The van der Waals surface area contributed by atoms with Crippen molar-refractivity contribution < 1.29 is 9.84 Å². The van der Waals surface area contributed by atoms with Gasteiger partial charge in [-0.2, -0.15) is 0 Å². The Labute approximate surface area is 201 Å². The summed E-state index contributed by atoms with van der Waals surface area (Å²) in [5.41, 5.74) is 3.67. The van der Waals surface area contributed by atoms with Crippen LogP contribution in [0.15, 0.2) is 18.3 Å². The van der Waals surface area contributed by atoms with E-state index in [4.69, 9.17) is 4.74 Å². The zero-order chi connectivity index (χ0) is 23.0. The van der Waals surface area contributed by atoms with Crippen molar-refractivity contribution in [1.82, 2.24) is 4.98 Å². The number of hydrogen-bond acceptors (Lipinski definition) is 3. The lowest BCUT2D eigenvalue weighted by Crippen LogP contribution is -2.57. The minimum absolute atomic E-state index is 0.103. The summed E-state index contributed by atoms with van der Waals surface area (Å²) in [7, 11) is 2.01. The molecule has 0 aliphatic heterocycles. The van der Waals surface area contributed by atoms with E-state index < -0.39 is 0 Å². The second-order valence-corrected chi connectivity index (χ2v) is 13.2. The van der Waals surface area contributed by atoms with Gasteiger partial charge < -0.3 is 9.84 Å². The van der Waals surface area contributed by atoms with Crippen molar-refractivity contribution in [2.24, 2.45) is 51.8 Å². The Bertz CT molecular complexity index is 901. The highest BCUT2D eigenvalue weighted by molar-refractivity contribution is 5.26. The number of aromatic nitrogens is 1. The molecule has 0 radical (unpaired) electrons. The number of nitrogens with zero attached hydrogens (tertiary/aromatic N) is 1. The molecule has 0 aromatic carbocycles. The Balaban J connectivity index is 1.20. The lowest BCUT2D eigenvalue weighted by Gasteiger charge is -2.61. The monoisotopic (exact) mass is 451 g/mol. The SMILES string of the molecule is COC1C[C@H]2[C@@H]3CC[C@H](C(C)CCc4ncccc4CO)[C@@]3(C)CC[C@@H]2[C@@]2(C)CC[C@@H]3C[C@@]132. The summed E-state index contributed by atoms with van der Waals surface area (Å²) >= 11 is 0. The van der Waals surface area contributed by atoms with Gasteiger partial charge in [0.1, 0.15) is 0 Å². The van der Waals surface area contributed by atoms with Crippen LogP contribution in [-0.2, 0) is 17.8 Å². The number of aliphatic hydroxyl groups excluding tert-OH is 1. The van der Waals surface area contributed by atoms with Crippen molar-refractivity contribution >= 4 is 0 Å². The normalized spacial score (nSPS) is 48.5. The van der Waals surface area contributed by atoms with Crippen LogP contribution in [0.1, 0.15) is 89.8 Å². The number of fused-ring (bicyclic) bond motifs is 4. The van der Waals surface area contributed by atoms with Crippen molar-refractivity contribution in [3.05, 3.63) is 29.6 Å². The summed E-state index contributed by atoms with van der Waals surface area (Å²) < 4.78 is 6.30. The molecular formula is C30H45NO2. The molecule has 1 heterocycles. The van der Waals surface area contributed by atoms with Crippen LogP contribution in [0.4, 0.5) is 0 Å². The van der Waals surface area contributed by atoms with E-state index in [0.29, 0.717) is 28.3 Å². The molecule has 3 nitrogen and oxygen atoms in total. The van der Waals surface area contributed by atoms with Gasteiger partial charge in [-0.1, -0.05) is 26.8 Å². The van der Waals surface area contributed by atoms with E-state index in [9.17, 15) is 5.11 Å². The maximum Gasteiger partial charge on any atom is 0.0699 e. The van der Waals surface area contributed by atoms with Crippen molar-refractivity contribution in [3.8, 4) is 0 Å². The number of rotatable bonds is 6. The van der Waals surface area contributed by atoms with E-state index in [1.807, 2.05) is 25.4 Å². The van der Waals surface area contributed by atoms with E-state index >= 15 is 0 Å². The van der Waals surface area contributed by atoms with Gasteiger partial charge in [-0.15, -0.1) is 0 Å². The molecule has 1 aromatic heterocycles. The molecule has 5 fully saturated rings. The molecule has 0 amide bonds. The molecule has 2 unspecified atom stereocenters. The number of aliphatic hydroxyl groups is 1. The van der Waals surface area contributed by atoms with E-state index in [2.05, 4.69) is 25.8 Å². The van der Waals surface area contributed by atoms with Gasteiger partial charge >= 0.3 is 0 Å². The molecule has 1 aromatic rings. The van der Waals surface area contributed by atoms with E-state index in [-0.39, 0.29) is 6.61 Å². The molecular weight excluding hydrogens is 406 g/mol. The third-order valence-electron chi connectivity index (χ3n) is 12.6. The highest BCUT2D eigenvalue weighted by Crippen LogP contribution is 2.82. The average Bonchev–Trinajstić information content (AvgIpc) is 3.33. The first-order chi connectivity index (χ1) is 15.9. The Hall–Kier alpha value is -0.930. The smallest absolute Gasteiger partial charge is 0.0699 e. The van der Waals surface area contributed by atoms with Gasteiger partial charge in [-0.3, -0.25) is 4.98 Å². The van der Waals surface area contributed by atoms with Crippen LogP contribution < -0.4 is 0 Å². The molecule has 5 aliphatic carbocycles. The Morgan fingerprint density at radius 1 is 1.15 bits per heavy atom. The van der Waals surface area contributed by atoms with Crippen LogP contribution >= 0.6 is 0 Å². The van der Waals surface area contributed by atoms with Gasteiger partial charge in [0.15, 0.2) is 0 Å². The summed E-state index contributed by atoms with van der Waals surface area (Å²) in [6, 6.07) is 3.97. The van der Waals surface area contributed by atoms with Crippen molar-refractivity contribution in [1.29, 1.82) is 0 Å². The van der Waals surface area contributed by atoms with Gasteiger partial charge in [-0.05, 0) is 122 Å². The molecule has 5 aliphatic rings. The third kappa shape index (κ3) is 2.97. The van der Waals surface area contributed by atoms with Crippen molar-refractivity contribution in [2.45, 2.75) is 97.7 Å². The number of pyridine rings is 1. The first-order valence-electron chi connectivity index (χ1n) is 14.0. The van der Waals surface area contributed by atoms with Gasteiger partial charge in [0, 0.05) is 24.4 Å². The molecule has 1 N–H and O–H groups in total. The summed E-state index contributed by atoms with van der Waals surface area (Å²) in [6.45, 7) is 7.97. The minimum Gasteiger partial charge on any atom is -0.392 e. The Morgan fingerprint density at radius 3 is 2.76 bits per heavy atom. The molecule has 10 atom stereocenters. The first-order valence-corrected chi connectivity index (χ1v) is 14.0. The standard InChI is InChI=1S/C30H45NO2/c1-19(7-10-26-20(18-32)6-5-15-31-26)23-8-9-24-22-16-27(33-4)30-17-21(30)11-14-29(30,3)25(22)12-13-28(23,24)2/h5-6,15,19,21-25,27,32H,7-14,16-18H2,1-4H3/t19?,21-,22+,23-,24+,25+,27?,28-,29-,30+/m1/s1. The van der Waals surface area contributed by atoms with Gasteiger partial charge in [0.25, 0.3) is 0 Å². The van der Waals surface area contributed by atoms with E-state index in [0.717, 1.165) is 47.3 Å². The van der Waals surface area contributed by atoms with Crippen LogP contribution in [0.5, 0.6) is 0 Å². The quantitative estimate of drug-likeness (QED) is 0.542. The number of methoxy groups -OCH3 is 1. The fourth-order valence-electron chi connectivity index (χ4n) is 11.0. The lowest BCUT2D eigenvalue weighted by atomic mass is 9.45. The van der Waals surface area contributed by atoms with Crippen molar-refractivity contribution in [3.63, 3.8) is 0 Å². The predicted molar refractivity (Wildman–Crippen MR) is 131 cm³/mol. The second kappa shape index (κ2) is 7.79. The van der Waals surface area contributed by atoms with Crippen LogP contribution in [0.25, 0.3) is 0 Å². The first kappa shape index (κ1) is 22.5. The van der Waals surface area contributed by atoms with Gasteiger partial charge in [0.05, 0.1) is 12.7 Å². The van der Waals surface area contributed by atoms with Crippen molar-refractivity contribution in [2.75, 3.05) is 7.11 Å². The molecule has 3 heteroatoms. The summed E-state index contributed by atoms with van der Waals surface area (Å²) in [5, 5.41) is 9.70. The molecule has 33 heavy (non-hydrogen) atoms. The molecule has 6 rings (SSSR count). The maximum atomic E-state index is 9.70. The average molecular weight is 452 g/mol. The Morgan fingerprint density at radius 2 is 2.00 bits per heavy atom. The highest BCUT2D eigenvalue weighted by atomic mass is 16.5. The second-order valence-electron chi connectivity index (χ2n) is 13.2. The van der Waals surface area contributed by atoms with Crippen LogP contribution in [0.3, 0.4) is 0 Å². The fourth-order valence-corrected chi connectivity index (χ4v) is 11.0. The topological polar surface area (TPSA) is 42.4 Å². The van der Waals surface area contributed by atoms with Gasteiger partial charge in [0.2, 0.25) is 0 Å². The molecule has 5 saturated carbocycles.